The van der Waals surface area contributed by atoms with Gasteiger partial charge in [0, 0.05) is 6.54 Å². The van der Waals surface area contributed by atoms with E-state index in [1.807, 2.05) is 6.92 Å². The van der Waals surface area contributed by atoms with Crippen molar-refractivity contribution in [3.05, 3.63) is 0 Å². The van der Waals surface area contributed by atoms with E-state index < -0.39 is 32.9 Å². The molecule has 0 atom stereocenters. The van der Waals surface area contributed by atoms with Gasteiger partial charge < -0.3 is 10.1 Å². The van der Waals surface area contributed by atoms with Crippen molar-refractivity contribution >= 4 is 21.7 Å². The maximum atomic E-state index is 12.0. The van der Waals surface area contributed by atoms with E-state index >= 15 is 0 Å². The minimum absolute atomic E-state index is 0.111. The largest absolute Gasteiger partial charge is 0.469 e. The van der Waals surface area contributed by atoms with Gasteiger partial charge in [0.15, 0.2) is 9.84 Å². The number of unbranched alkanes of at least 4 members (excludes halogenated alkanes) is 1. The molecule has 6 nitrogen and oxygen atoms in total. The van der Waals surface area contributed by atoms with E-state index in [1.165, 1.54) is 7.11 Å². The zero-order valence-electron chi connectivity index (χ0n) is 12.1. The number of amides is 1. The van der Waals surface area contributed by atoms with Gasteiger partial charge in [-0.05, 0) is 24.7 Å². The summed E-state index contributed by atoms with van der Waals surface area (Å²) in [5.41, 5.74) is -0.504. The lowest BCUT2D eigenvalue weighted by atomic mass is 10.1. The Hall–Kier alpha value is -1.11. The molecule has 1 saturated carbocycles. The standard InChI is InChI=1S/C13H23NO5S/c1-3-4-7-14-11(15)9-20(17,18)10-13(5-6-13)8-12(16)19-2/h3-10H2,1-2H3,(H,14,15). The number of rotatable bonds is 9. The molecule has 0 aromatic carbocycles. The third kappa shape index (κ3) is 5.90. The highest BCUT2D eigenvalue weighted by atomic mass is 32.2. The number of nitrogens with one attached hydrogen (secondary N) is 1. The van der Waals surface area contributed by atoms with Crippen LogP contribution in [0.15, 0.2) is 0 Å². The number of carbonyl (C=O) groups is 2. The average molecular weight is 305 g/mol. The third-order valence-corrected chi connectivity index (χ3v) is 5.19. The lowest BCUT2D eigenvalue weighted by Crippen LogP contribution is -2.34. The first kappa shape index (κ1) is 16.9. The van der Waals surface area contributed by atoms with Crippen LogP contribution in [0.2, 0.25) is 0 Å². The highest BCUT2D eigenvalue weighted by Gasteiger charge is 2.48. The van der Waals surface area contributed by atoms with Gasteiger partial charge in [-0.15, -0.1) is 0 Å². The molecule has 0 unspecified atom stereocenters. The summed E-state index contributed by atoms with van der Waals surface area (Å²) < 4.78 is 28.5. The number of hydrogen-bond acceptors (Lipinski definition) is 5. The third-order valence-electron chi connectivity index (χ3n) is 3.43. The lowest BCUT2D eigenvalue weighted by Gasteiger charge is -2.13. The van der Waals surface area contributed by atoms with Gasteiger partial charge >= 0.3 is 5.97 Å². The second kappa shape index (κ2) is 7.06. The summed E-state index contributed by atoms with van der Waals surface area (Å²) in [6.07, 6.45) is 3.27. The number of methoxy groups -OCH3 is 1. The monoisotopic (exact) mass is 305 g/mol. The fourth-order valence-electron chi connectivity index (χ4n) is 2.10. The van der Waals surface area contributed by atoms with Crippen molar-refractivity contribution < 1.29 is 22.7 Å². The quantitative estimate of drug-likeness (QED) is 0.499. The Balaban J connectivity index is 2.45. The van der Waals surface area contributed by atoms with Crippen molar-refractivity contribution in [2.45, 2.75) is 39.0 Å². The Morgan fingerprint density at radius 3 is 2.45 bits per heavy atom. The van der Waals surface area contributed by atoms with Gasteiger partial charge in [0.25, 0.3) is 0 Å². The van der Waals surface area contributed by atoms with Crippen molar-refractivity contribution in [3.8, 4) is 0 Å². The summed E-state index contributed by atoms with van der Waals surface area (Å²) in [4.78, 5) is 22.8. The minimum atomic E-state index is -3.49. The van der Waals surface area contributed by atoms with Gasteiger partial charge in [-0.3, -0.25) is 9.59 Å². The van der Waals surface area contributed by atoms with Gasteiger partial charge in [0.1, 0.15) is 5.75 Å². The summed E-state index contributed by atoms with van der Waals surface area (Å²) in [5, 5.41) is 2.59. The van der Waals surface area contributed by atoms with E-state index in [2.05, 4.69) is 10.1 Å². The summed E-state index contributed by atoms with van der Waals surface area (Å²) in [6.45, 7) is 2.49. The Morgan fingerprint density at radius 1 is 1.30 bits per heavy atom. The maximum absolute atomic E-state index is 12.0. The highest BCUT2D eigenvalue weighted by Crippen LogP contribution is 2.50. The van der Waals surface area contributed by atoms with Crippen LogP contribution in [0.3, 0.4) is 0 Å². The number of sulfone groups is 1. The van der Waals surface area contributed by atoms with Crippen molar-refractivity contribution in [2.24, 2.45) is 5.41 Å². The molecule has 1 amide bonds. The predicted octanol–water partition coefficient (Wildman–Crippen LogP) is 0.661. The van der Waals surface area contributed by atoms with Crippen molar-refractivity contribution in [3.63, 3.8) is 0 Å². The Morgan fingerprint density at radius 2 is 1.95 bits per heavy atom. The fraction of sp³-hybridized carbons (Fsp3) is 0.846. The molecule has 7 heteroatoms. The SMILES string of the molecule is CCCCNC(=O)CS(=O)(=O)CC1(CC(=O)OC)CC1. The zero-order chi connectivity index (χ0) is 15.2. The fourth-order valence-corrected chi connectivity index (χ4v) is 4.03. The van der Waals surface area contributed by atoms with Gasteiger partial charge in [0.05, 0.1) is 19.3 Å². The first-order chi connectivity index (χ1) is 9.32. The molecule has 0 aliphatic heterocycles. The molecule has 1 N–H and O–H groups in total. The maximum Gasteiger partial charge on any atom is 0.306 e. The molecule has 0 spiro atoms. The molecule has 0 bridgehead atoms. The van der Waals surface area contributed by atoms with Crippen LogP contribution in [0, 0.1) is 5.41 Å². The molecular weight excluding hydrogens is 282 g/mol. The molecule has 20 heavy (non-hydrogen) atoms. The van der Waals surface area contributed by atoms with E-state index in [0.717, 1.165) is 12.8 Å². The smallest absolute Gasteiger partial charge is 0.306 e. The first-order valence-corrected chi connectivity index (χ1v) is 8.68. The van der Waals surface area contributed by atoms with Crippen LogP contribution in [0.25, 0.3) is 0 Å². The summed E-state index contributed by atoms with van der Waals surface area (Å²) in [7, 11) is -2.20. The summed E-state index contributed by atoms with van der Waals surface area (Å²) >= 11 is 0. The predicted molar refractivity (Wildman–Crippen MR) is 74.9 cm³/mol. The van der Waals surface area contributed by atoms with Crippen LogP contribution in [-0.4, -0.2) is 45.5 Å². The Labute approximate surface area is 120 Å². The van der Waals surface area contributed by atoms with Crippen LogP contribution < -0.4 is 5.32 Å². The topological polar surface area (TPSA) is 89.5 Å². The first-order valence-electron chi connectivity index (χ1n) is 6.86. The molecular formula is C13H23NO5S. The average Bonchev–Trinajstić information content (AvgIpc) is 3.06. The van der Waals surface area contributed by atoms with E-state index in [-0.39, 0.29) is 12.2 Å². The summed E-state index contributed by atoms with van der Waals surface area (Å²) in [5.74, 6) is -1.48. The van der Waals surface area contributed by atoms with Crippen molar-refractivity contribution in [2.75, 3.05) is 25.2 Å². The molecule has 0 aromatic heterocycles. The second-order valence-corrected chi connectivity index (χ2v) is 7.55. The molecule has 0 saturated heterocycles. The van der Waals surface area contributed by atoms with Gasteiger partial charge in [-0.25, -0.2) is 8.42 Å². The molecule has 1 aliphatic rings. The molecule has 1 fully saturated rings. The van der Waals surface area contributed by atoms with Crippen molar-refractivity contribution in [1.29, 1.82) is 0 Å². The molecule has 0 heterocycles. The molecule has 116 valence electrons. The lowest BCUT2D eigenvalue weighted by molar-refractivity contribution is -0.141. The normalized spacial score (nSPS) is 16.5. The van der Waals surface area contributed by atoms with Crippen LogP contribution in [0.5, 0.6) is 0 Å². The minimum Gasteiger partial charge on any atom is -0.469 e. The molecule has 0 aromatic rings. The van der Waals surface area contributed by atoms with Crippen LogP contribution >= 0.6 is 0 Å². The Bertz CT molecular complexity index is 453. The van der Waals surface area contributed by atoms with Gasteiger partial charge in [-0.1, -0.05) is 13.3 Å². The highest BCUT2D eigenvalue weighted by molar-refractivity contribution is 7.92. The van der Waals surface area contributed by atoms with Crippen molar-refractivity contribution in [1.82, 2.24) is 5.32 Å². The summed E-state index contributed by atoms with van der Waals surface area (Å²) in [6, 6.07) is 0. The van der Waals surface area contributed by atoms with Crippen LogP contribution in [0.4, 0.5) is 0 Å². The van der Waals surface area contributed by atoms with E-state index in [1.54, 1.807) is 0 Å². The van der Waals surface area contributed by atoms with Gasteiger partial charge in [0.2, 0.25) is 5.91 Å². The zero-order valence-corrected chi connectivity index (χ0v) is 12.9. The number of hydrogen-bond donors (Lipinski definition) is 1. The number of ether oxygens (including phenoxy) is 1. The van der Waals surface area contributed by atoms with Gasteiger partial charge in [-0.2, -0.15) is 0 Å². The molecule has 1 rings (SSSR count). The van der Waals surface area contributed by atoms with Crippen LogP contribution in [0.1, 0.15) is 39.0 Å². The second-order valence-electron chi connectivity index (χ2n) is 5.49. The molecule has 1 aliphatic carbocycles. The van der Waals surface area contributed by atoms with Crippen LogP contribution in [-0.2, 0) is 24.2 Å². The molecule has 0 radical (unpaired) electrons. The van der Waals surface area contributed by atoms with E-state index in [0.29, 0.717) is 19.4 Å². The van der Waals surface area contributed by atoms with E-state index in [9.17, 15) is 18.0 Å². The van der Waals surface area contributed by atoms with E-state index in [4.69, 9.17) is 0 Å². The number of carbonyl (C=O) groups excluding carboxylic acids is 2. The Kier molecular flexibility index (Phi) is 5.98. The number of esters is 1.